The number of hydrogen-bond donors (Lipinski definition) is 3. The van der Waals surface area contributed by atoms with Crippen LogP contribution in [0.2, 0.25) is 0 Å². The molecule has 0 amide bonds. The van der Waals surface area contributed by atoms with Crippen molar-refractivity contribution in [3.63, 3.8) is 0 Å². The van der Waals surface area contributed by atoms with E-state index in [0.717, 1.165) is 0 Å². The summed E-state index contributed by atoms with van der Waals surface area (Å²) in [6, 6.07) is 0. The van der Waals surface area contributed by atoms with Crippen molar-refractivity contribution in [1.82, 2.24) is 0 Å². The van der Waals surface area contributed by atoms with Gasteiger partial charge in [0.15, 0.2) is 5.60 Å². The Morgan fingerprint density at radius 3 is 1.89 bits per heavy atom. The second-order valence-electron chi connectivity index (χ2n) is 3.28. The van der Waals surface area contributed by atoms with Crippen LogP contribution < -0.4 is 0 Å². The number of carboxylic acid groups (broad SMARTS) is 2. The van der Waals surface area contributed by atoms with Gasteiger partial charge in [0.05, 0.1) is 12.8 Å². The molecule has 0 aromatic heterocycles. The van der Waals surface area contributed by atoms with E-state index in [0.29, 0.717) is 0 Å². The predicted octanol–water partition coefficient (Wildman–Crippen LogP) is -1.50. The van der Waals surface area contributed by atoms with Crippen molar-refractivity contribution in [3.8, 4) is 0 Å². The molecule has 18 heavy (non-hydrogen) atoms. The first kappa shape index (κ1) is 19.4. The number of ether oxygens (including phenoxy) is 1. The van der Waals surface area contributed by atoms with Crippen LogP contribution in [0.4, 0.5) is 0 Å². The summed E-state index contributed by atoms with van der Waals surface area (Å²) < 4.78 is 4.13. The van der Waals surface area contributed by atoms with Crippen LogP contribution >= 0.6 is 0 Å². The Morgan fingerprint density at radius 1 is 1.06 bits per heavy atom. The van der Waals surface area contributed by atoms with Gasteiger partial charge in [-0.05, 0) is 0 Å². The molecule has 98 valence electrons. The van der Waals surface area contributed by atoms with Crippen LogP contribution in [0.25, 0.3) is 0 Å². The van der Waals surface area contributed by atoms with E-state index in [-0.39, 0.29) is 36.0 Å². The fourth-order valence-corrected chi connectivity index (χ4v) is 0.938. The SMILES string of the molecule is CCC(=O)OC(=O)CC(O)(CC(=O)O)C(=O)O.[NaH]. The minimum atomic E-state index is -2.78. The number of carbonyl (C=O) groups excluding carboxylic acids is 2. The second-order valence-corrected chi connectivity index (χ2v) is 3.28. The Bertz CT molecular complexity index is 352. The van der Waals surface area contributed by atoms with E-state index in [1.807, 2.05) is 0 Å². The Balaban J connectivity index is 0. The Morgan fingerprint density at radius 2 is 1.56 bits per heavy atom. The summed E-state index contributed by atoms with van der Waals surface area (Å²) in [6.07, 6.45) is -2.38. The quantitative estimate of drug-likeness (QED) is 0.301. The summed E-state index contributed by atoms with van der Waals surface area (Å²) in [5.41, 5.74) is -2.78. The van der Waals surface area contributed by atoms with Gasteiger partial charge in [0.2, 0.25) is 0 Å². The number of carbonyl (C=O) groups is 4. The number of aliphatic hydroxyl groups is 1. The minimum absolute atomic E-state index is 0. The van der Waals surface area contributed by atoms with Gasteiger partial charge in [-0.2, -0.15) is 0 Å². The fraction of sp³-hybridized carbons (Fsp3) is 0.556. The number of carboxylic acids is 2. The van der Waals surface area contributed by atoms with Crippen LogP contribution in [0.15, 0.2) is 0 Å². The molecular formula is C9H13NaO8. The molecule has 0 aliphatic carbocycles. The molecule has 0 spiro atoms. The van der Waals surface area contributed by atoms with Crippen molar-refractivity contribution in [3.05, 3.63) is 0 Å². The van der Waals surface area contributed by atoms with Crippen LogP contribution in [0.5, 0.6) is 0 Å². The van der Waals surface area contributed by atoms with Gasteiger partial charge in [0, 0.05) is 6.42 Å². The van der Waals surface area contributed by atoms with Crippen molar-refractivity contribution < 1.29 is 39.2 Å². The zero-order valence-electron chi connectivity index (χ0n) is 9.00. The molecule has 0 fully saturated rings. The molecule has 0 aliphatic rings. The number of rotatable bonds is 6. The molecule has 1 unspecified atom stereocenters. The molecular weight excluding hydrogens is 259 g/mol. The third kappa shape index (κ3) is 6.70. The topological polar surface area (TPSA) is 138 Å². The first-order valence-corrected chi connectivity index (χ1v) is 4.62. The van der Waals surface area contributed by atoms with E-state index < -0.39 is 42.3 Å². The van der Waals surface area contributed by atoms with Crippen LogP contribution in [0, 0.1) is 0 Å². The van der Waals surface area contributed by atoms with Crippen molar-refractivity contribution in [2.75, 3.05) is 0 Å². The first-order valence-electron chi connectivity index (χ1n) is 4.62. The van der Waals surface area contributed by atoms with E-state index >= 15 is 0 Å². The molecule has 9 heteroatoms. The van der Waals surface area contributed by atoms with Gasteiger partial charge in [-0.1, -0.05) is 6.92 Å². The normalized spacial score (nSPS) is 12.8. The number of hydrogen-bond acceptors (Lipinski definition) is 6. The molecule has 0 heterocycles. The monoisotopic (exact) mass is 272 g/mol. The summed E-state index contributed by atoms with van der Waals surface area (Å²) in [6.45, 7) is 1.41. The van der Waals surface area contributed by atoms with Crippen LogP contribution in [-0.4, -0.2) is 74.4 Å². The number of esters is 2. The number of aliphatic carboxylic acids is 2. The van der Waals surface area contributed by atoms with Crippen molar-refractivity contribution >= 4 is 53.4 Å². The standard InChI is InChI=1S/C9H12O8.Na.H/c1-2-6(12)17-7(13)4-9(16,8(14)15)3-5(10)11;;/h16H,2-4H2,1H3,(H,10,11)(H,14,15);;. The molecule has 0 aliphatic heterocycles. The van der Waals surface area contributed by atoms with Gasteiger partial charge in [0.1, 0.15) is 0 Å². The van der Waals surface area contributed by atoms with Gasteiger partial charge >= 0.3 is 53.4 Å². The molecule has 0 saturated heterocycles. The van der Waals surface area contributed by atoms with Crippen molar-refractivity contribution in [1.29, 1.82) is 0 Å². The molecule has 0 rings (SSSR count). The van der Waals surface area contributed by atoms with Gasteiger partial charge in [-0.3, -0.25) is 14.4 Å². The van der Waals surface area contributed by atoms with Crippen LogP contribution in [0.3, 0.4) is 0 Å². The maximum atomic E-state index is 11.1. The zero-order chi connectivity index (χ0) is 13.6. The summed E-state index contributed by atoms with van der Waals surface area (Å²) >= 11 is 0. The van der Waals surface area contributed by atoms with Gasteiger partial charge in [-0.15, -0.1) is 0 Å². The molecule has 3 N–H and O–H groups in total. The summed E-state index contributed by atoms with van der Waals surface area (Å²) in [5, 5.41) is 26.4. The Kier molecular flexibility index (Phi) is 8.83. The van der Waals surface area contributed by atoms with Crippen LogP contribution in [-0.2, 0) is 23.9 Å². The molecule has 0 aromatic rings. The van der Waals surface area contributed by atoms with E-state index in [2.05, 4.69) is 4.74 Å². The van der Waals surface area contributed by atoms with E-state index in [4.69, 9.17) is 10.2 Å². The first-order chi connectivity index (χ1) is 7.71. The van der Waals surface area contributed by atoms with Crippen molar-refractivity contribution in [2.45, 2.75) is 31.8 Å². The van der Waals surface area contributed by atoms with Gasteiger partial charge in [0.25, 0.3) is 0 Å². The fourth-order valence-electron chi connectivity index (χ4n) is 0.938. The molecule has 0 bridgehead atoms. The van der Waals surface area contributed by atoms with E-state index in [1.54, 1.807) is 0 Å². The van der Waals surface area contributed by atoms with E-state index in [1.165, 1.54) is 6.92 Å². The average Bonchev–Trinajstić information content (AvgIpc) is 2.15. The molecule has 0 radical (unpaired) electrons. The van der Waals surface area contributed by atoms with Crippen LogP contribution in [0.1, 0.15) is 26.2 Å². The van der Waals surface area contributed by atoms with E-state index in [9.17, 15) is 24.3 Å². The summed E-state index contributed by atoms with van der Waals surface area (Å²) in [4.78, 5) is 42.7. The molecule has 8 nitrogen and oxygen atoms in total. The summed E-state index contributed by atoms with van der Waals surface area (Å²) in [5.74, 6) is -5.65. The predicted molar refractivity (Wildman–Crippen MR) is 58.0 cm³/mol. The molecule has 0 aromatic carbocycles. The van der Waals surface area contributed by atoms with Gasteiger partial charge < -0.3 is 20.1 Å². The second kappa shape index (κ2) is 8.20. The van der Waals surface area contributed by atoms with Gasteiger partial charge in [-0.25, -0.2) is 4.79 Å². The third-order valence-electron chi connectivity index (χ3n) is 1.79. The maximum absolute atomic E-state index is 11.1. The average molecular weight is 272 g/mol. The zero-order valence-corrected chi connectivity index (χ0v) is 9.00. The van der Waals surface area contributed by atoms with Crippen molar-refractivity contribution in [2.24, 2.45) is 0 Å². The Hall–Kier alpha value is -0.960. The third-order valence-corrected chi connectivity index (χ3v) is 1.79. The molecule has 0 saturated carbocycles. The Labute approximate surface area is 124 Å². The summed E-state index contributed by atoms with van der Waals surface area (Å²) in [7, 11) is 0. The molecule has 1 atom stereocenters.